The van der Waals surface area contributed by atoms with E-state index in [1.165, 1.54) is 16.7 Å². The third-order valence-corrected chi connectivity index (χ3v) is 2.57. The van der Waals surface area contributed by atoms with Gasteiger partial charge in [-0.3, -0.25) is 4.79 Å². The third-order valence-electron chi connectivity index (χ3n) is 2.23. The van der Waals surface area contributed by atoms with Crippen LogP contribution in [0.4, 0.5) is 4.79 Å². The normalized spacial score (nSPS) is 10.0. The van der Waals surface area contributed by atoms with Gasteiger partial charge in [0.15, 0.2) is 0 Å². The van der Waals surface area contributed by atoms with Gasteiger partial charge in [0.2, 0.25) is 0 Å². The zero-order valence-corrected chi connectivity index (χ0v) is 9.64. The minimum Gasteiger partial charge on any atom is -0.333 e. The first-order valence-corrected chi connectivity index (χ1v) is 4.95. The van der Waals surface area contributed by atoms with E-state index in [9.17, 15) is 4.79 Å². The van der Waals surface area contributed by atoms with Crippen LogP contribution in [0.1, 0.15) is 16.7 Å². The van der Waals surface area contributed by atoms with E-state index >= 15 is 0 Å². The molecule has 0 aliphatic heterocycles. The highest BCUT2D eigenvalue weighted by Gasteiger charge is 2.05. The largest absolute Gasteiger partial charge is 0.333 e. The summed E-state index contributed by atoms with van der Waals surface area (Å²) in [4.78, 5) is 12.5. The predicted molar refractivity (Wildman–Crippen MR) is 61.8 cm³/mol. The number of benzene rings is 1. The van der Waals surface area contributed by atoms with Gasteiger partial charge in [-0.2, -0.15) is 0 Å². The quantitative estimate of drug-likeness (QED) is 0.743. The van der Waals surface area contributed by atoms with Crippen molar-refractivity contribution in [2.45, 2.75) is 20.4 Å². The number of rotatable bonds is 2. The molecule has 1 amide bonds. The lowest BCUT2D eigenvalue weighted by molar-refractivity contribution is 0.232. The molecule has 0 unspecified atom stereocenters. The first-order chi connectivity index (χ1) is 6.50. The van der Waals surface area contributed by atoms with Crippen LogP contribution in [0.25, 0.3) is 0 Å². The fourth-order valence-electron chi connectivity index (χ4n) is 1.35. The van der Waals surface area contributed by atoms with E-state index in [-0.39, 0.29) is 5.24 Å². The molecule has 3 heteroatoms. The van der Waals surface area contributed by atoms with Gasteiger partial charge in [-0.1, -0.05) is 36.4 Å². The lowest BCUT2D eigenvalue weighted by Gasteiger charge is -2.15. The van der Waals surface area contributed by atoms with E-state index in [2.05, 4.69) is 44.7 Å². The molecule has 2 nitrogen and oxygen atoms in total. The number of hydrogen-bond donors (Lipinski definition) is 1. The number of thiol groups is 1. The maximum Gasteiger partial charge on any atom is 0.278 e. The summed E-state index contributed by atoms with van der Waals surface area (Å²) in [6.07, 6.45) is 0. The fraction of sp³-hybridized carbons (Fsp3) is 0.364. The molecule has 0 saturated carbocycles. The molecular formula is C11H15NOS. The van der Waals surface area contributed by atoms with Gasteiger partial charge < -0.3 is 4.90 Å². The molecule has 76 valence electrons. The fourth-order valence-corrected chi connectivity index (χ4v) is 1.42. The van der Waals surface area contributed by atoms with Crippen LogP contribution in [-0.4, -0.2) is 17.2 Å². The number of hydrogen-bond acceptors (Lipinski definition) is 1. The Labute approximate surface area is 90.3 Å². The summed E-state index contributed by atoms with van der Waals surface area (Å²) in [5.41, 5.74) is 3.62. The second kappa shape index (κ2) is 4.51. The molecule has 0 spiro atoms. The molecule has 0 bridgehead atoms. The van der Waals surface area contributed by atoms with E-state index in [1.807, 2.05) is 0 Å². The molecule has 0 aliphatic carbocycles. The summed E-state index contributed by atoms with van der Waals surface area (Å²) in [6.45, 7) is 4.73. The number of nitrogens with zero attached hydrogens (tertiary/aromatic N) is 1. The van der Waals surface area contributed by atoms with Gasteiger partial charge in [-0.05, 0) is 25.0 Å². The SMILES string of the molecule is Cc1ccc(CN(C)C(=O)S)c(C)c1. The molecule has 0 heterocycles. The van der Waals surface area contributed by atoms with E-state index < -0.39 is 0 Å². The lowest BCUT2D eigenvalue weighted by atomic mass is 10.1. The summed E-state index contributed by atoms with van der Waals surface area (Å²) in [5.74, 6) is 0. The summed E-state index contributed by atoms with van der Waals surface area (Å²) < 4.78 is 0. The highest BCUT2D eigenvalue weighted by atomic mass is 32.1. The van der Waals surface area contributed by atoms with Gasteiger partial charge in [0.25, 0.3) is 5.24 Å². The molecule has 0 N–H and O–H groups in total. The average Bonchev–Trinajstić information content (AvgIpc) is 2.09. The molecule has 0 aromatic heterocycles. The van der Waals surface area contributed by atoms with Gasteiger partial charge in [-0.15, -0.1) is 0 Å². The highest BCUT2D eigenvalue weighted by Crippen LogP contribution is 2.12. The molecule has 14 heavy (non-hydrogen) atoms. The zero-order valence-electron chi connectivity index (χ0n) is 8.74. The second-order valence-electron chi connectivity index (χ2n) is 3.57. The Morgan fingerprint density at radius 3 is 2.57 bits per heavy atom. The summed E-state index contributed by atoms with van der Waals surface area (Å²) in [7, 11) is 1.74. The molecule has 0 radical (unpaired) electrons. The number of carbonyl (C=O) groups is 1. The van der Waals surface area contributed by atoms with Crippen molar-refractivity contribution in [1.82, 2.24) is 4.90 Å². The predicted octanol–water partition coefficient (Wildman–Crippen LogP) is 2.79. The maximum atomic E-state index is 10.9. The minimum absolute atomic E-state index is 0.204. The first kappa shape index (κ1) is 11.1. The molecule has 0 fully saturated rings. The number of carbonyl (C=O) groups excluding carboxylic acids is 1. The van der Waals surface area contributed by atoms with Gasteiger partial charge in [0.05, 0.1) is 0 Å². The highest BCUT2D eigenvalue weighted by molar-refractivity contribution is 7.96. The van der Waals surface area contributed by atoms with Crippen molar-refractivity contribution >= 4 is 17.9 Å². The lowest BCUT2D eigenvalue weighted by Crippen LogP contribution is -2.20. The summed E-state index contributed by atoms with van der Waals surface area (Å²) in [6, 6.07) is 6.23. The Balaban J connectivity index is 2.82. The van der Waals surface area contributed by atoms with Crippen molar-refractivity contribution in [3.05, 3.63) is 34.9 Å². The topological polar surface area (TPSA) is 20.3 Å². The van der Waals surface area contributed by atoms with Crippen LogP contribution in [0.15, 0.2) is 18.2 Å². The van der Waals surface area contributed by atoms with Crippen LogP contribution in [0.5, 0.6) is 0 Å². The van der Waals surface area contributed by atoms with Gasteiger partial charge >= 0.3 is 0 Å². The minimum atomic E-state index is -0.204. The molecule has 0 atom stereocenters. The van der Waals surface area contributed by atoms with Crippen molar-refractivity contribution in [1.29, 1.82) is 0 Å². The van der Waals surface area contributed by atoms with Crippen molar-refractivity contribution in [3.8, 4) is 0 Å². The molecule has 1 rings (SSSR count). The standard InChI is InChI=1S/C11H15NOS/c1-8-4-5-10(9(2)6-8)7-12(3)11(13)14/h4-6H,7H2,1-3H3,(H,13,14). The first-order valence-electron chi connectivity index (χ1n) is 4.51. The van der Waals surface area contributed by atoms with Crippen LogP contribution >= 0.6 is 12.6 Å². The molecule has 0 saturated heterocycles. The van der Waals surface area contributed by atoms with Crippen molar-refractivity contribution in [2.75, 3.05) is 7.05 Å². The molecular weight excluding hydrogens is 194 g/mol. The van der Waals surface area contributed by atoms with E-state index in [1.54, 1.807) is 11.9 Å². The van der Waals surface area contributed by atoms with Crippen LogP contribution in [0.2, 0.25) is 0 Å². The Bertz CT molecular complexity index is 349. The van der Waals surface area contributed by atoms with Gasteiger partial charge in [-0.25, -0.2) is 0 Å². The van der Waals surface area contributed by atoms with Crippen LogP contribution in [0.3, 0.4) is 0 Å². The number of aryl methyl sites for hydroxylation is 2. The molecule has 0 aliphatic rings. The van der Waals surface area contributed by atoms with E-state index in [0.717, 1.165) is 0 Å². The average molecular weight is 209 g/mol. The van der Waals surface area contributed by atoms with Crippen LogP contribution in [0, 0.1) is 13.8 Å². The van der Waals surface area contributed by atoms with Crippen LogP contribution < -0.4 is 0 Å². The van der Waals surface area contributed by atoms with Crippen LogP contribution in [-0.2, 0) is 6.54 Å². The number of amides is 1. The molecule has 1 aromatic rings. The van der Waals surface area contributed by atoms with E-state index in [0.29, 0.717) is 6.54 Å². The Hall–Kier alpha value is -0.960. The third kappa shape index (κ3) is 2.77. The maximum absolute atomic E-state index is 10.9. The van der Waals surface area contributed by atoms with E-state index in [4.69, 9.17) is 0 Å². The Morgan fingerprint density at radius 2 is 2.07 bits per heavy atom. The van der Waals surface area contributed by atoms with Crippen molar-refractivity contribution in [3.63, 3.8) is 0 Å². The Kier molecular flexibility index (Phi) is 3.58. The van der Waals surface area contributed by atoms with Crippen molar-refractivity contribution < 1.29 is 4.79 Å². The monoisotopic (exact) mass is 209 g/mol. The summed E-state index contributed by atoms with van der Waals surface area (Å²) >= 11 is 3.76. The summed E-state index contributed by atoms with van der Waals surface area (Å²) in [5, 5.41) is -0.204. The van der Waals surface area contributed by atoms with Gasteiger partial charge in [0.1, 0.15) is 0 Å². The smallest absolute Gasteiger partial charge is 0.278 e. The Morgan fingerprint density at radius 1 is 1.43 bits per heavy atom. The van der Waals surface area contributed by atoms with Gasteiger partial charge in [0, 0.05) is 13.6 Å². The second-order valence-corrected chi connectivity index (χ2v) is 3.95. The zero-order chi connectivity index (χ0) is 10.7. The molecule has 1 aromatic carbocycles. The van der Waals surface area contributed by atoms with Crippen molar-refractivity contribution in [2.24, 2.45) is 0 Å².